The van der Waals surface area contributed by atoms with Crippen LogP contribution in [0.2, 0.25) is 0 Å². The van der Waals surface area contributed by atoms with Crippen molar-refractivity contribution in [1.82, 2.24) is 0 Å². The Kier molecular flexibility index (Phi) is 3.80. The summed E-state index contributed by atoms with van der Waals surface area (Å²) in [7, 11) is 0. The fourth-order valence-electron chi connectivity index (χ4n) is 1.10. The average Bonchev–Trinajstić information content (AvgIpc) is 2.18. The molecule has 0 saturated carbocycles. The van der Waals surface area contributed by atoms with Crippen molar-refractivity contribution in [2.24, 2.45) is 0 Å². The number of nitrogens with one attached hydrogen (secondary N) is 1. The van der Waals surface area contributed by atoms with E-state index in [1.165, 1.54) is 12.1 Å². The maximum absolute atomic E-state index is 13.3. The molecule has 0 aliphatic rings. The zero-order valence-electron chi connectivity index (χ0n) is 7.91. The van der Waals surface area contributed by atoms with E-state index in [1.807, 2.05) is 0 Å². The van der Waals surface area contributed by atoms with Gasteiger partial charge in [0, 0.05) is 6.54 Å². The van der Waals surface area contributed by atoms with Gasteiger partial charge in [0.1, 0.15) is 11.5 Å². The van der Waals surface area contributed by atoms with Crippen LogP contribution in [0.3, 0.4) is 0 Å². The van der Waals surface area contributed by atoms with E-state index in [0.717, 1.165) is 0 Å². The highest BCUT2D eigenvalue weighted by atomic mass is 19.1. The molecule has 0 saturated heterocycles. The molecule has 0 bridgehead atoms. The number of halogens is 3. The van der Waals surface area contributed by atoms with Crippen LogP contribution < -0.4 is 5.32 Å². The molecule has 0 spiro atoms. The molecular weight excluding hydrogens is 191 g/mol. The molecule has 14 heavy (non-hydrogen) atoms. The summed E-state index contributed by atoms with van der Waals surface area (Å²) in [6.45, 7) is 1.28. The smallest absolute Gasteiger partial charge is 0.152 e. The number of anilines is 1. The van der Waals surface area contributed by atoms with Crippen molar-refractivity contribution >= 4 is 5.69 Å². The van der Waals surface area contributed by atoms with Crippen molar-refractivity contribution in [2.75, 3.05) is 18.5 Å². The SMILES string of the molecule is Cc1ccc(F)c(NCCCF)c1F. The molecule has 0 aliphatic heterocycles. The predicted octanol–water partition coefficient (Wildman–Crippen LogP) is 3.04. The Balaban J connectivity index is 2.79. The van der Waals surface area contributed by atoms with Gasteiger partial charge in [0.25, 0.3) is 0 Å². The second-order valence-electron chi connectivity index (χ2n) is 3.02. The monoisotopic (exact) mass is 203 g/mol. The van der Waals surface area contributed by atoms with E-state index in [-0.39, 0.29) is 18.7 Å². The highest BCUT2D eigenvalue weighted by Gasteiger charge is 2.09. The second kappa shape index (κ2) is 4.88. The van der Waals surface area contributed by atoms with Crippen molar-refractivity contribution in [3.8, 4) is 0 Å². The van der Waals surface area contributed by atoms with E-state index in [0.29, 0.717) is 5.56 Å². The van der Waals surface area contributed by atoms with Crippen LogP contribution in [-0.2, 0) is 0 Å². The van der Waals surface area contributed by atoms with E-state index in [9.17, 15) is 13.2 Å². The van der Waals surface area contributed by atoms with Crippen molar-refractivity contribution in [3.05, 3.63) is 29.3 Å². The zero-order chi connectivity index (χ0) is 10.6. The van der Waals surface area contributed by atoms with Gasteiger partial charge in [-0.15, -0.1) is 0 Å². The summed E-state index contributed by atoms with van der Waals surface area (Å²) in [6, 6.07) is 2.56. The van der Waals surface area contributed by atoms with Gasteiger partial charge in [-0.25, -0.2) is 8.78 Å². The van der Waals surface area contributed by atoms with E-state index in [1.54, 1.807) is 6.92 Å². The Hall–Kier alpha value is -1.19. The van der Waals surface area contributed by atoms with Gasteiger partial charge in [0.2, 0.25) is 0 Å². The molecule has 0 unspecified atom stereocenters. The summed E-state index contributed by atoms with van der Waals surface area (Å²) in [4.78, 5) is 0. The summed E-state index contributed by atoms with van der Waals surface area (Å²) in [5.41, 5.74) is 0.201. The Morgan fingerprint density at radius 1 is 1.29 bits per heavy atom. The van der Waals surface area contributed by atoms with Crippen LogP contribution in [0.15, 0.2) is 12.1 Å². The lowest BCUT2D eigenvalue weighted by Crippen LogP contribution is -2.07. The first kappa shape index (κ1) is 10.9. The van der Waals surface area contributed by atoms with E-state index < -0.39 is 18.3 Å². The third-order valence-electron chi connectivity index (χ3n) is 1.90. The number of hydrogen-bond acceptors (Lipinski definition) is 1. The van der Waals surface area contributed by atoms with Crippen LogP contribution >= 0.6 is 0 Å². The molecule has 0 heterocycles. The summed E-state index contributed by atoms with van der Waals surface area (Å²) in [5.74, 6) is -1.25. The Bertz CT molecular complexity index is 312. The molecule has 0 aromatic heterocycles. The highest BCUT2D eigenvalue weighted by molar-refractivity contribution is 5.48. The maximum atomic E-state index is 13.3. The van der Waals surface area contributed by atoms with Crippen molar-refractivity contribution in [3.63, 3.8) is 0 Å². The molecular formula is C10H12F3N. The van der Waals surface area contributed by atoms with Crippen LogP contribution in [0.1, 0.15) is 12.0 Å². The lowest BCUT2D eigenvalue weighted by molar-refractivity contribution is 0.480. The van der Waals surface area contributed by atoms with Crippen molar-refractivity contribution in [1.29, 1.82) is 0 Å². The third kappa shape index (κ3) is 2.40. The van der Waals surface area contributed by atoms with Crippen molar-refractivity contribution in [2.45, 2.75) is 13.3 Å². The fourth-order valence-corrected chi connectivity index (χ4v) is 1.10. The van der Waals surface area contributed by atoms with E-state index in [4.69, 9.17) is 0 Å². The third-order valence-corrected chi connectivity index (χ3v) is 1.90. The Morgan fingerprint density at radius 3 is 2.64 bits per heavy atom. The first-order valence-electron chi connectivity index (χ1n) is 4.41. The molecule has 1 aromatic carbocycles. The summed E-state index contributed by atoms with van der Waals surface area (Å²) in [6.07, 6.45) is 0.243. The van der Waals surface area contributed by atoms with Crippen LogP contribution in [-0.4, -0.2) is 13.2 Å². The van der Waals surface area contributed by atoms with Crippen molar-refractivity contribution < 1.29 is 13.2 Å². The van der Waals surface area contributed by atoms with Crippen LogP contribution in [0, 0.1) is 18.6 Å². The molecule has 1 N–H and O–H groups in total. The van der Waals surface area contributed by atoms with Gasteiger partial charge in [-0.3, -0.25) is 4.39 Å². The topological polar surface area (TPSA) is 12.0 Å². The normalized spacial score (nSPS) is 10.3. The molecule has 1 aromatic rings. The maximum Gasteiger partial charge on any atom is 0.152 e. The Morgan fingerprint density at radius 2 is 2.00 bits per heavy atom. The van der Waals surface area contributed by atoms with Gasteiger partial charge in [-0.05, 0) is 25.0 Å². The first-order chi connectivity index (χ1) is 6.66. The minimum absolute atomic E-state index is 0.168. The van der Waals surface area contributed by atoms with Gasteiger partial charge in [0.05, 0.1) is 6.67 Å². The number of benzene rings is 1. The average molecular weight is 203 g/mol. The second-order valence-corrected chi connectivity index (χ2v) is 3.02. The molecule has 1 rings (SSSR count). The van der Waals surface area contributed by atoms with Gasteiger partial charge in [-0.2, -0.15) is 0 Å². The van der Waals surface area contributed by atoms with Gasteiger partial charge in [-0.1, -0.05) is 6.07 Å². The van der Waals surface area contributed by atoms with E-state index >= 15 is 0 Å². The molecule has 78 valence electrons. The number of hydrogen-bond donors (Lipinski definition) is 1. The number of aryl methyl sites for hydroxylation is 1. The van der Waals surface area contributed by atoms with Gasteiger partial charge in [0.15, 0.2) is 5.82 Å². The number of rotatable bonds is 4. The zero-order valence-corrected chi connectivity index (χ0v) is 7.91. The quantitative estimate of drug-likeness (QED) is 0.741. The summed E-state index contributed by atoms with van der Waals surface area (Å²) < 4.78 is 38.1. The van der Waals surface area contributed by atoms with Gasteiger partial charge >= 0.3 is 0 Å². The molecule has 0 amide bonds. The molecule has 0 atom stereocenters. The summed E-state index contributed by atoms with van der Waals surface area (Å²) in [5, 5.41) is 2.53. The van der Waals surface area contributed by atoms with Crippen LogP contribution in [0.5, 0.6) is 0 Å². The minimum Gasteiger partial charge on any atom is -0.380 e. The summed E-state index contributed by atoms with van der Waals surface area (Å²) >= 11 is 0. The lowest BCUT2D eigenvalue weighted by Gasteiger charge is -2.09. The largest absolute Gasteiger partial charge is 0.380 e. The predicted molar refractivity (Wildman–Crippen MR) is 50.2 cm³/mol. The standard InChI is InChI=1S/C10H12F3N/c1-7-3-4-8(12)10(9(7)13)14-6-2-5-11/h3-4,14H,2,5-6H2,1H3. The molecule has 4 heteroatoms. The molecule has 1 nitrogen and oxygen atoms in total. The van der Waals surface area contributed by atoms with E-state index in [2.05, 4.69) is 5.32 Å². The highest BCUT2D eigenvalue weighted by Crippen LogP contribution is 2.21. The first-order valence-corrected chi connectivity index (χ1v) is 4.41. The van der Waals surface area contributed by atoms with Crippen LogP contribution in [0.4, 0.5) is 18.9 Å². The minimum atomic E-state index is -0.646. The molecule has 0 aliphatic carbocycles. The number of alkyl halides is 1. The molecule has 0 radical (unpaired) electrons. The Labute approximate surface area is 80.9 Å². The lowest BCUT2D eigenvalue weighted by atomic mass is 10.2. The van der Waals surface area contributed by atoms with Crippen LogP contribution in [0.25, 0.3) is 0 Å². The fraction of sp³-hybridized carbons (Fsp3) is 0.400. The molecule has 0 fully saturated rings. The van der Waals surface area contributed by atoms with Gasteiger partial charge < -0.3 is 5.32 Å².